The molecule has 0 spiro atoms. The van der Waals surface area contributed by atoms with Gasteiger partial charge in [0.05, 0.1) is 32.5 Å². The first kappa shape index (κ1) is 22.6. The maximum Gasteiger partial charge on any atom is 0.341 e. The Kier molecular flexibility index (Phi) is 7.51. The lowest BCUT2D eigenvalue weighted by molar-refractivity contribution is -0.119. The summed E-state index contributed by atoms with van der Waals surface area (Å²) < 4.78 is 20.3. The Balaban J connectivity index is 1.70. The largest absolute Gasteiger partial charge is 0.497 e. The first-order chi connectivity index (χ1) is 15.0. The summed E-state index contributed by atoms with van der Waals surface area (Å²) in [5.74, 6) is -0.848. The SMILES string of the molecule is COC(=O)c1c(NC(=O)COC(=O)c2cc(OC)cc(OC)c2)sc2c1CCCCC2. The number of ether oxygens (including phenoxy) is 4. The molecule has 0 aliphatic heterocycles. The summed E-state index contributed by atoms with van der Waals surface area (Å²) in [7, 11) is 4.26. The second-order valence-corrected chi connectivity index (χ2v) is 8.09. The molecule has 0 radical (unpaired) electrons. The normalized spacial score (nSPS) is 12.9. The van der Waals surface area contributed by atoms with Crippen molar-refractivity contribution in [3.8, 4) is 11.5 Å². The molecule has 0 fully saturated rings. The van der Waals surface area contributed by atoms with E-state index in [1.807, 2.05) is 0 Å². The van der Waals surface area contributed by atoms with Crippen molar-refractivity contribution in [1.82, 2.24) is 0 Å². The van der Waals surface area contributed by atoms with Crippen LogP contribution in [0.1, 0.15) is 50.4 Å². The summed E-state index contributed by atoms with van der Waals surface area (Å²) in [6.07, 6.45) is 4.78. The van der Waals surface area contributed by atoms with E-state index >= 15 is 0 Å². The number of carbonyl (C=O) groups is 3. The maximum absolute atomic E-state index is 12.5. The Hall–Kier alpha value is -3.07. The van der Waals surface area contributed by atoms with Crippen LogP contribution in [0.15, 0.2) is 18.2 Å². The molecule has 1 aromatic carbocycles. The smallest absolute Gasteiger partial charge is 0.341 e. The Morgan fingerprint density at radius 2 is 1.61 bits per heavy atom. The molecule has 166 valence electrons. The fourth-order valence-electron chi connectivity index (χ4n) is 3.45. The van der Waals surface area contributed by atoms with E-state index in [0.29, 0.717) is 22.1 Å². The van der Waals surface area contributed by atoms with E-state index < -0.39 is 24.5 Å². The van der Waals surface area contributed by atoms with E-state index in [-0.39, 0.29) is 5.56 Å². The van der Waals surface area contributed by atoms with E-state index in [0.717, 1.165) is 42.5 Å². The third-order valence-corrected chi connectivity index (χ3v) is 6.19. The first-order valence-electron chi connectivity index (χ1n) is 9.89. The van der Waals surface area contributed by atoms with Crippen LogP contribution in [0.2, 0.25) is 0 Å². The Morgan fingerprint density at radius 3 is 2.26 bits per heavy atom. The van der Waals surface area contributed by atoms with Gasteiger partial charge in [-0.05, 0) is 43.4 Å². The van der Waals surface area contributed by atoms with Gasteiger partial charge in [0.15, 0.2) is 6.61 Å². The first-order valence-corrected chi connectivity index (χ1v) is 10.7. The molecule has 2 aromatic rings. The van der Waals surface area contributed by atoms with E-state index in [4.69, 9.17) is 18.9 Å². The number of amides is 1. The minimum absolute atomic E-state index is 0.196. The number of thiophene rings is 1. The van der Waals surface area contributed by atoms with Crippen molar-refractivity contribution >= 4 is 34.2 Å². The van der Waals surface area contributed by atoms with E-state index in [1.54, 1.807) is 6.07 Å². The van der Waals surface area contributed by atoms with Crippen LogP contribution >= 0.6 is 11.3 Å². The Morgan fingerprint density at radius 1 is 0.935 bits per heavy atom. The molecule has 1 aliphatic rings. The Bertz CT molecular complexity index is 960. The van der Waals surface area contributed by atoms with Crippen LogP contribution in [0.3, 0.4) is 0 Å². The van der Waals surface area contributed by atoms with E-state index in [9.17, 15) is 14.4 Å². The van der Waals surface area contributed by atoms with Crippen molar-refractivity contribution in [2.75, 3.05) is 33.3 Å². The van der Waals surface area contributed by atoms with Gasteiger partial charge in [-0.3, -0.25) is 4.79 Å². The summed E-state index contributed by atoms with van der Waals surface area (Å²) in [5, 5.41) is 3.14. The van der Waals surface area contributed by atoms with Crippen LogP contribution in [-0.4, -0.2) is 45.8 Å². The van der Waals surface area contributed by atoms with Crippen LogP contribution in [0.5, 0.6) is 11.5 Å². The third kappa shape index (κ3) is 5.35. The quantitative estimate of drug-likeness (QED) is 0.511. The number of fused-ring (bicyclic) bond motifs is 1. The summed E-state index contributed by atoms with van der Waals surface area (Å²) in [4.78, 5) is 38.3. The highest BCUT2D eigenvalue weighted by Gasteiger charge is 2.26. The van der Waals surface area contributed by atoms with Crippen molar-refractivity contribution in [3.05, 3.63) is 39.8 Å². The van der Waals surface area contributed by atoms with Crippen molar-refractivity contribution in [1.29, 1.82) is 0 Å². The minimum atomic E-state index is -0.692. The average Bonchev–Trinajstić information content (AvgIpc) is 2.96. The van der Waals surface area contributed by atoms with Crippen LogP contribution < -0.4 is 14.8 Å². The average molecular weight is 448 g/mol. The van der Waals surface area contributed by atoms with Gasteiger partial charge in [0.2, 0.25) is 0 Å². The molecule has 0 saturated heterocycles. The van der Waals surface area contributed by atoms with Crippen LogP contribution in [-0.2, 0) is 27.1 Å². The maximum atomic E-state index is 12.5. The van der Waals surface area contributed by atoms with Crippen molar-refractivity contribution in [2.45, 2.75) is 32.1 Å². The van der Waals surface area contributed by atoms with Crippen molar-refractivity contribution in [2.24, 2.45) is 0 Å². The van der Waals surface area contributed by atoms with Crippen molar-refractivity contribution < 1.29 is 33.3 Å². The van der Waals surface area contributed by atoms with Gasteiger partial charge in [-0.25, -0.2) is 9.59 Å². The number of methoxy groups -OCH3 is 3. The standard InChI is InChI=1S/C22H25NO7S/c1-27-14-9-13(10-15(11-14)28-2)21(25)30-12-18(24)23-20-19(22(26)29-3)16-7-5-4-6-8-17(16)31-20/h9-11H,4-8,12H2,1-3H3,(H,23,24). The molecule has 9 heteroatoms. The number of hydrogen-bond acceptors (Lipinski definition) is 8. The second kappa shape index (κ2) is 10.3. The van der Waals surface area contributed by atoms with Gasteiger partial charge in [0.25, 0.3) is 5.91 Å². The number of hydrogen-bond donors (Lipinski definition) is 1. The molecule has 1 heterocycles. The molecule has 0 saturated carbocycles. The second-order valence-electron chi connectivity index (χ2n) is 6.99. The lowest BCUT2D eigenvalue weighted by Crippen LogP contribution is -2.21. The molecule has 0 unspecified atom stereocenters. The molecule has 3 rings (SSSR count). The number of aryl methyl sites for hydroxylation is 1. The number of nitrogens with one attached hydrogen (secondary N) is 1. The molecule has 1 amide bonds. The fourth-order valence-corrected chi connectivity index (χ4v) is 4.74. The minimum Gasteiger partial charge on any atom is -0.497 e. The molecule has 1 aromatic heterocycles. The van der Waals surface area contributed by atoms with Crippen LogP contribution in [0.4, 0.5) is 5.00 Å². The van der Waals surface area contributed by atoms with E-state index in [2.05, 4.69) is 5.32 Å². The molecule has 1 aliphatic carbocycles. The number of rotatable bonds is 7. The van der Waals surface area contributed by atoms with Gasteiger partial charge in [-0.1, -0.05) is 6.42 Å². The van der Waals surface area contributed by atoms with Gasteiger partial charge in [0.1, 0.15) is 16.5 Å². The summed E-state index contributed by atoms with van der Waals surface area (Å²) in [5.41, 5.74) is 1.55. The molecular formula is C22H25NO7S. The van der Waals surface area contributed by atoms with Gasteiger partial charge < -0.3 is 24.3 Å². The zero-order valence-corrected chi connectivity index (χ0v) is 18.6. The van der Waals surface area contributed by atoms with Gasteiger partial charge in [-0.2, -0.15) is 0 Å². The zero-order valence-electron chi connectivity index (χ0n) is 17.7. The van der Waals surface area contributed by atoms with E-state index in [1.165, 1.54) is 44.8 Å². The molecule has 8 nitrogen and oxygen atoms in total. The Labute approximate surface area is 184 Å². The lowest BCUT2D eigenvalue weighted by Gasteiger charge is -2.10. The lowest BCUT2D eigenvalue weighted by atomic mass is 10.1. The third-order valence-electron chi connectivity index (χ3n) is 4.99. The number of esters is 2. The molecular weight excluding hydrogens is 422 g/mol. The predicted octanol–water partition coefficient (Wildman–Crippen LogP) is 3.62. The summed E-state index contributed by atoms with van der Waals surface area (Å²) in [6.45, 7) is -0.498. The fraction of sp³-hybridized carbons (Fsp3) is 0.409. The predicted molar refractivity (Wildman–Crippen MR) is 115 cm³/mol. The van der Waals surface area contributed by atoms with Gasteiger partial charge >= 0.3 is 11.9 Å². The highest BCUT2D eigenvalue weighted by atomic mass is 32.1. The van der Waals surface area contributed by atoms with Gasteiger partial charge in [0, 0.05) is 10.9 Å². The van der Waals surface area contributed by atoms with Crippen molar-refractivity contribution in [3.63, 3.8) is 0 Å². The topological polar surface area (TPSA) is 100 Å². The van der Waals surface area contributed by atoms with Gasteiger partial charge in [-0.15, -0.1) is 11.3 Å². The number of anilines is 1. The van der Waals surface area contributed by atoms with Crippen LogP contribution in [0.25, 0.3) is 0 Å². The summed E-state index contributed by atoms with van der Waals surface area (Å²) in [6, 6.07) is 4.61. The molecule has 0 bridgehead atoms. The highest BCUT2D eigenvalue weighted by Crippen LogP contribution is 2.38. The number of benzene rings is 1. The summed E-state index contributed by atoms with van der Waals surface area (Å²) >= 11 is 1.38. The molecule has 0 atom stereocenters. The monoisotopic (exact) mass is 447 g/mol. The van der Waals surface area contributed by atoms with Crippen LogP contribution in [0, 0.1) is 0 Å². The molecule has 31 heavy (non-hydrogen) atoms. The molecule has 1 N–H and O–H groups in total. The zero-order chi connectivity index (χ0) is 22.4. The number of carbonyl (C=O) groups excluding carboxylic acids is 3. The highest BCUT2D eigenvalue weighted by molar-refractivity contribution is 7.17.